The molecule has 1 nitrogen and oxygen atoms in total. The Morgan fingerprint density at radius 2 is 1.38 bits per heavy atom. The molecule has 0 aromatic heterocycles. The van der Waals surface area contributed by atoms with E-state index in [1.807, 2.05) is 30.3 Å². The number of nitrogens with two attached hydrogens (primary N) is 1. The molecular weight excluding hydrogens is 311 g/mol. The van der Waals surface area contributed by atoms with Gasteiger partial charge in [0.15, 0.2) is 0 Å². The average molecular weight is 327 g/mol. The molecule has 0 saturated heterocycles. The molecule has 24 heavy (non-hydrogen) atoms. The first-order chi connectivity index (χ1) is 11.4. The summed E-state index contributed by atoms with van der Waals surface area (Å²) in [4.78, 5) is 0. The summed E-state index contributed by atoms with van der Waals surface area (Å²) in [6, 6.07) is 17.4. The van der Waals surface area contributed by atoms with Crippen LogP contribution in [0, 0.1) is 0 Å². The molecule has 0 spiro atoms. The van der Waals surface area contributed by atoms with Crippen molar-refractivity contribution in [1.29, 1.82) is 0 Å². The second kappa shape index (κ2) is 5.35. The monoisotopic (exact) mass is 327 g/mol. The van der Waals surface area contributed by atoms with E-state index in [4.69, 9.17) is 5.73 Å². The molecule has 1 atom stereocenters. The van der Waals surface area contributed by atoms with E-state index in [1.165, 1.54) is 0 Å². The Morgan fingerprint density at radius 1 is 0.792 bits per heavy atom. The van der Waals surface area contributed by atoms with Crippen LogP contribution in [0.25, 0.3) is 32.3 Å². The second-order valence-electron chi connectivity index (χ2n) is 6.27. The molecule has 2 N–H and O–H groups in total. The minimum atomic E-state index is -4.18. The van der Waals surface area contributed by atoms with E-state index in [0.717, 1.165) is 37.9 Å². The van der Waals surface area contributed by atoms with Crippen molar-refractivity contribution in [3.8, 4) is 0 Å². The van der Waals surface area contributed by atoms with Gasteiger partial charge in [-0.2, -0.15) is 13.2 Å². The van der Waals surface area contributed by atoms with Gasteiger partial charge in [-0.25, -0.2) is 0 Å². The normalized spacial score (nSPS) is 14.0. The molecule has 0 fully saturated rings. The third-order valence-electron chi connectivity index (χ3n) is 4.70. The molecule has 4 aromatic rings. The molecule has 0 aliphatic heterocycles. The molecule has 4 aromatic carbocycles. The van der Waals surface area contributed by atoms with Crippen molar-refractivity contribution in [3.63, 3.8) is 0 Å². The SMILES string of the molecule is N[C@H](CCC(F)(F)F)c1ccc2ccc3cccc4ccc1c2c34. The summed E-state index contributed by atoms with van der Waals surface area (Å²) in [6.07, 6.45) is -5.15. The lowest BCUT2D eigenvalue weighted by molar-refractivity contribution is -0.136. The molecule has 0 saturated carbocycles. The fraction of sp³-hybridized carbons (Fsp3) is 0.200. The predicted octanol–water partition coefficient (Wildman–Crippen LogP) is 5.93. The summed E-state index contributed by atoms with van der Waals surface area (Å²) >= 11 is 0. The average Bonchev–Trinajstić information content (AvgIpc) is 2.57. The van der Waals surface area contributed by atoms with Gasteiger partial charge in [0.25, 0.3) is 0 Å². The molecular formula is C20H16F3N. The van der Waals surface area contributed by atoms with Crippen LogP contribution < -0.4 is 5.73 Å². The van der Waals surface area contributed by atoms with Gasteiger partial charge >= 0.3 is 6.18 Å². The van der Waals surface area contributed by atoms with Crippen LogP contribution in [0.3, 0.4) is 0 Å². The van der Waals surface area contributed by atoms with Gasteiger partial charge in [-0.1, -0.05) is 54.6 Å². The molecule has 0 unspecified atom stereocenters. The Balaban J connectivity index is 1.91. The van der Waals surface area contributed by atoms with Crippen molar-refractivity contribution in [2.75, 3.05) is 0 Å². The first kappa shape index (κ1) is 15.2. The number of benzene rings is 4. The van der Waals surface area contributed by atoms with Crippen molar-refractivity contribution in [2.45, 2.75) is 25.1 Å². The van der Waals surface area contributed by atoms with Crippen LogP contribution in [0.4, 0.5) is 13.2 Å². The minimum absolute atomic E-state index is 0.104. The van der Waals surface area contributed by atoms with Crippen molar-refractivity contribution < 1.29 is 13.2 Å². The summed E-state index contributed by atoms with van der Waals surface area (Å²) in [5.74, 6) is 0. The highest BCUT2D eigenvalue weighted by molar-refractivity contribution is 6.23. The van der Waals surface area contributed by atoms with Gasteiger partial charge in [-0.15, -0.1) is 0 Å². The Hall–Kier alpha value is -2.33. The Kier molecular flexibility index (Phi) is 3.39. The lowest BCUT2D eigenvalue weighted by atomic mass is 9.89. The van der Waals surface area contributed by atoms with Gasteiger partial charge in [0.2, 0.25) is 0 Å². The maximum atomic E-state index is 12.5. The first-order valence-corrected chi connectivity index (χ1v) is 7.93. The maximum Gasteiger partial charge on any atom is 0.389 e. The fourth-order valence-corrected chi connectivity index (χ4v) is 3.56. The highest BCUT2D eigenvalue weighted by Gasteiger charge is 2.28. The second-order valence-corrected chi connectivity index (χ2v) is 6.27. The van der Waals surface area contributed by atoms with Crippen LogP contribution in [0.5, 0.6) is 0 Å². The van der Waals surface area contributed by atoms with E-state index in [1.54, 1.807) is 0 Å². The summed E-state index contributed by atoms with van der Waals surface area (Å²) < 4.78 is 37.5. The van der Waals surface area contributed by atoms with Gasteiger partial charge in [0.05, 0.1) is 0 Å². The number of hydrogen-bond acceptors (Lipinski definition) is 1. The van der Waals surface area contributed by atoms with Crippen molar-refractivity contribution in [2.24, 2.45) is 5.73 Å². The molecule has 0 bridgehead atoms. The number of hydrogen-bond donors (Lipinski definition) is 1. The summed E-state index contributed by atoms with van der Waals surface area (Å²) in [5, 5.41) is 6.54. The third kappa shape index (κ3) is 2.47. The number of alkyl halides is 3. The summed E-state index contributed by atoms with van der Waals surface area (Å²) in [7, 11) is 0. The Labute approximate surface area is 137 Å². The molecule has 0 amide bonds. The van der Waals surface area contributed by atoms with Crippen LogP contribution in [-0.2, 0) is 0 Å². The quantitative estimate of drug-likeness (QED) is 0.464. The highest BCUT2D eigenvalue weighted by atomic mass is 19.4. The zero-order chi connectivity index (χ0) is 16.9. The molecule has 0 aliphatic rings. The topological polar surface area (TPSA) is 26.0 Å². The third-order valence-corrected chi connectivity index (χ3v) is 4.70. The fourth-order valence-electron chi connectivity index (χ4n) is 3.56. The van der Waals surface area contributed by atoms with E-state index in [0.29, 0.717) is 0 Å². The smallest absolute Gasteiger partial charge is 0.324 e. The van der Waals surface area contributed by atoms with Crippen LogP contribution in [-0.4, -0.2) is 6.18 Å². The minimum Gasteiger partial charge on any atom is -0.324 e. The van der Waals surface area contributed by atoms with Gasteiger partial charge in [-0.3, -0.25) is 0 Å². The zero-order valence-electron chi connectivity index (χ0n) is 12.9. The first-order valence-electron chi connectivity index (χ1n) is 7.93. The van der Waals surface area contributed by atoms with Gasteiger partial charge in [-0.05, 0) is 44.3 Å². The molecule has 4 rings (SSSR count). The van der Waals surface area contributed by atoms with E-state index in [-0.39, 0.29) is 6.42 Å². The van der Waals surface area contributed by atoms with Gasteiger partial charge < -0.3 is 5.73 Å². The lowest BCUT2D eigenvalue weighted by Crippen LogP contribution is -2.16. The predicted molar refractivity (Wildman–Crippen MR) is 92.4 cm³/mol. The van der Waals surface area contributed by atoms with Gasteiger partial charge in [0, 0.05) is 12.5 Å². The van der Waals surface area contributed by atoms with Crippen molar-refractivity contribution in [3.05, 3.63) is 60.2 Å². The lowest BCUT2D eigenvalue weighted by Gasteiger charge is -2.18. The number of halogens is 3. The molecule has 122 valence electrons. The molecule has 0 radical (unpaired) electrons. The summed E-state index contributed by atoms with van der Waals surface area (Å²) in [6.45, 7) is 0. The molecule has 0 aliphatic carbocycles. The van der Waals surface area contributed by atoms with Crippen LogP contribution in [0.2, 0.25) is 0 Å². The standard InChI is InChI=1S/C20H16F3N/c21-20(22,23)11-10-17(24)15-8-6-14-5-4-12-2-1-3-13-7-9-16(15)19(14)18(12)13/h1-9,17H,10-11,24H2/t17-/m1/s1. The zero-order valence-corrected chi connectivity index (χ0v) is 12.9. The van der Waals surface area contributed by atoms with Crippen LogP contribution in [0.1, 0.15) is 24.4 Å². The largest absolute Gasteiger partial charge is 0.389 e. The Morgan fingerprint density at radius 3 is 2.04 bits per heavy atom. The molecule has 0 heterocycles. The van der Waals surface area contributed by atoms with E-state index < -0.39 is 18.6 Å². The van der Waals surface area contributed by atoms with E-state index in [9.17, 15) is 13.2 Å². The van der Waals surface area contributed by atoms with Crippen molar-refractivity contribution >= 4 is 32.3 Å². The maximum absolute atomic E-state index is 12.5. The summed E-state index contributed by atoms with van der Waals surface area (Å²) in [5.41, 5.74) is 6.88. The van der Waals surface area contributed by atoms with E-state index >= 15 is 0 Å². The molecule has 4 heteroatoms. The van der Waals surface area contributed by atoms with Gasteiger partial charge in [0.1, 0.15) is 0 Å². The highest BCUT2D eigenvalue weighted by Crippen LogP contribution is 2.38. The van der Waals surface area contributed by atoms with Crippen LogP contribution in [0.15, 0.2) is 54.6 Å². The Bertz CT molecular complexity index is 1000. The number of rotatable bonds is 3. The van der Waals surface area contributed by atoms with E-state index in [2.05, 4.69) is 24.3 Å². The van der Waals surface area contributed by atoms with Crippen molar-refractivity contribution in [1.82, 2.24) is 0 Å². The van der Waals surface area contributed by atoms with Crippen LogP contribution >= 0.6 is 0 Å².